The molecule has 0 heterocycles. The summed E-state index contributed by atoms with van der Waals surface area (Å²) in [6.07, 6.45) is 0. The number of nitro benzene ring substituents is 1. The molecule has 8 nitrogen and oxygen atoms in total. The zero-order valence-corrected chi connectivity index (χ0v) is 15.2. The Hall–Kier alpha value is -3.40. The first-order valence-corrected chi connectivity index (χ1v) is 9.53. The van der Waals surface area contributed by atoms with Gasteiger partial charge in [-0.05, 0) is 23.3 Å². The monoisotopic (exact) mass is 397 g/mol. The van der Waals surface area contributed by atoms with Gasteiger partial charge in [0.1, 0.15) is 0 Å². The molecule has 0 fully saturated rings. The van der Waals surface area contributed by atoms with E-state index in [1.54, 1.807) is 23.0 Å². The molecule has 0 radical (unpaired) electrons. The lowest BCUT2D eigenvalue weighted by Crippen LogP contribution is -2.31. The van der Waals surface area contributed by atoms with Crippen molar-refractivity contribution in [2.24, 2.45) is 5.84 Å². The molecule has 0 aliphatic rings. The van der Waals surface area contributed by atoms with Crippen LogP contribution in [0.15, 0.2) is 77.7 Å². The molecule has 0 atom stereocenters. The van der Waals surface area contributed by atoms with Gasteiger partial charge in [-0.3, -0.25) is 20.8 Å². The fraction of sp³-hybridized carbons (Fsp3) is 0. The van der Waals surface area contributed by atoms with Crippen LogP contribution in [0.2, 0.25) is 0 Å². The van der Waals surface area contributed by atoms with Crippen molar-refractivity contribution in [1.29, 1.82) is 0 Å². The maximum absolute atomic E-state index is 13.0. The summed E-state index contributed by atoms with van der Waals surface area (Å²) in [5, 5.41) is 11.1. The molecule has 3 aromatic rings. The molecule has 0 amide bonds. The van der Waals surface area contributed by atoms with Crippen LogP contribution in [-0.4, -0.2) is 19.1 Å². The average molecular weight is 397 g/mol. The number of sulfonamides is 1. The zero-order chi connectivity index (χ0) is 20.3. The number of nitrogens with zero attached hydrogens (tertiary/aromatic N) is 1. The van der Waals surface area contributed by atoms with Gasteiger partial charge in [-0.2, -0.15) is 4.83 Å². The third-order valence-electron chi connectivity index (χ3n) is 4.10. The second kappa shape index (κ2) is 7.69. The van der Waals surface area contributed by atoms with E-state index in [4.69, 9.17) is 5.84 Å². The first kappa shape index (κ1) is 19.4. The van der Waals surface area contributed by atoms with Gasteiger partial charge in [-0.15, -0.1) is 0 Å². The first-order chi connectivity index (χ1) is 13.3. The van der Waals surface area contributed by atoms with E-state index in [-0.39, 0.29) is 11.1 Å². The van der Waals surface area contributed by atoms with E-state index in [0.29, 0.717) is 0 Å². The van der Waals surface area contributed by atoms with Crippen molar-refractivity contribution >= 4 is 21.5 Å². The second-order valence-electron chi connectivity index (χ2n) is 5.83. The van der Waals surface area contributed by atoms with Crippen LogP contribution in [0.25, 0.3) is 11.1 Å². The summed E-state index contributed by atoms with van der Waals surface area (Å²) in [5.74, 6) is 4.39. The van der Waals surface area contributed by atoms with Gasteiger partial charge in [0, 0.05) is 23.3 Å². The van der Waals surface area contributed by atoms with E-state index in [2.05, 4.69) is 0 Å². The smallest absolute Gasteiger partial charge is 0.270 e. The zero-order valence-electron chi connectivity index (χ0n) is 14.4. The third kappa shape index (κ3) is 3.81. The Morgan fingerprint density at radius 2 is 1.61 bits per heavy atom. The van der Waals surface area contributed by atoms with Gasteiger partial charge in [0.2, 0.25) is 0 Å². The number of hydrazine groups is 1. The molecular formula is C19H15N3O5S. The normalized spacial score (nSPS) is 11.2. The number of carbonyl (C=O) groups is 1. The topological polar surface area (TPSA) is 132 Å². The van der Waals surface area contributed by atoms with Crippen molar-refractivity contribution in [2.45, 2.75) is 4.90 Å². The predicted molar refractivity (Wildman–Crippen MR) is 103 cm³/mol. The fourth-order valence-electron chi connectivity index (χ4n) is 2.73. The van der Waals surface area contributed by atoms with Gasteiger partial charge in [0.15, 0.2) is 5.78 Å². The lowest BCUT2D eigenvalue weighted by molar-refractivity contribution is -0.384. The largest absolute Gasteiger partial charge is 0.289 e. The Kier molecular flexibility index (Phi) is 5.32. The van der Waals surface area contributed by atoms with Crippen molar-refractivity contribution in [3.05, 3.63) is 94.0 Å². The van der Waals surface area contributed by atoms with Crippen LogP contribution in [-0.2, 0) is 10.0 Å². The summed E-state index contributed by atoms with van der Waals surface area (Å²) in [6.45, 7) is 0. The number of nitrogens with one attached hydrogen (secondary N) is 1. The van der Waals surface area contributed by atoms with Gasteiger partial charge >= 0.3 is 0 Å². The van der Waals surface area contributed by atoms with E-state index in [1.165, 1.54) is 6.07 Å². The quantitative estimate of drug-likeness (QED) is 0.284. The minimum Gasteiger partial charge on any atom is -0.289 e. The van der Waals surface area contributed by atoms with Crippen LogP contribution < -0.4 is 10.7 Å². The van der Waals surface area contributed by atoms with E-state index in [0.717, 1.165) is 29.3 Å². The highest BCUT2D eigenvalue weighted by molar-refractivity contribution is 7.89. The van der Waals surface area contributed by atoms with Gasteiger partial charge in [0.25, 0.3) is 15.7 Å². The standard InChI is InChI=1S/C19H15N3O5S/c20-21-28(26,27)18-10-9-16(22(24)25)12-17(18)19(23)15-8-4-7-14(11-15)13-5-2-1-3-6-13/h1-12,21H,20H2. The summed E-state index contributed by atoms with van der Waals surface area (Å²) in [7, 11) is -4.20. The highest BCUT2D eigenvalue weighted by Crippen LogP contribution is 2.26. The maximum atomic E-state index is 13.0. The van der Waals surface area contributed by atoms with Crippen molar-refractivity contribution in [1.82, 2.24) is 4.83 Å². The molecule has 28 heavy (non-hydrogen) atoms. The average Bonchev–Trinajstić information content (AvgIpc) is 2.73. The summed E-state index contributed by atoms with van der Waals surface area (Å²) in [4.78, 5) is 24.6. The molecule has 0 aliphatic carbocycles. The molecule has 0 spiro atoms. The van der Waals surface area contributed by atoms with E-state index in [9.17, 15) is 23.3 Å². The number of benzene rings is 3. The molecular weight excluding hydrogens is 382 g/mol. The molecule has 0 bridgehead atoms. The minimum absolute atomic E-state index is 0.190. The molecule has 142 valence electrons. The molecule has 0 aliphatic heterocycles. The van der Waals surface area contributed by atoms with Crippen molar-refractivity contribution in [3.63, 3.8) is 0 Å². The van der Waals surface area contributed by atoms with Gasteiger partial charge in [0.05, 0.1) is 9.82 Å². The fourth-order valence-corrected chi connectivity index (χ4v) is 3.55. The summed E-state index contributed by atoms with van der Waals surface area (Å²) in [5.41, 5.74) is 1.07. The minimum atomic E-state index is -4.20. The lowest BCUT2D eigenvalue weighted by Gasteiger charge is -2.10. The van der Waals surface area contributed by atoms with Crippen LogP contribution >= 0.6 is 0 Å². The summed E-state index contributed by atoms with van der Waals surface area (Å²) >= 11 is 0. The highest BCUT2D eigenvalue weighted by atomic mass is 32.2. The Labute approximate surface area is 160 Å². The Morgan fingerprint density at radius 1 is 0.929 bits per heavy atom. The molecule has 3 rings (SSSR count). The highest BCUT2D eigenvalue weighted by Gasteiger charge is 2.25. The molecule has 3 N–H and O–H groups in total. The van der Waals surface area contributed by atoms with Crippen LogP contribution in [0.4, 0.5) is 5.69 Å². The predicted octanol–water partition coefficient (Wildman–Crippen LogP) is 2.64. The number of non-ortho nitro benzene ring substituents is 1. The molecule has 0 saturated heterocycles. The Morgan fingerprint density at radius 3 is 2.25 bits per heavy atom. The van der Waals surface area contributed by atoms with Crippen LogP contribution in [0.1, 0.15) is 15.9 Å². The summed E-state index contributed by atoms with van der Waals surface area (Å²) < 4.78 is 24.3. The van der Waals surface area contributed by atoms with E-state index in [1.807, 2.05) is 30.3 Å². The Balaban J connectivity index is 2.14. The second-order valence-corrected chi connectivity index (χ2v) is 7.52. The number of nitro groups is 1. The molecule has 0 unspecified atom stereocenters. The van der Waals surface area contributed by atoms with Crippen LogP contribution in [0.3, 0.4) is 0 Å². The Bertz CT molecular complexity index is 1160. The van der Waals surface area contributed by atoms with Crippen molar-refractivity contribution < 1.29 is 18.1 Å². The van der Waals surface area contributed by atoms with Gasteiger partial charge < -0.3 is 0 Å². The maximum Gasteiger partial charge on any atom is 0.270 e. The van der Waals surface area contributed by atoms with Crippen LogP contribution in [0, 0.1) is 10.1 Å². The third-order valence-corrected chi connectivity index (χ3v) is 5.34. The molecule has 9 heteroatoms. The number of rotatable bonds is 6. The van der Waals surface area contributed by atoms with Crippen molar-refractivity contribution in [3.8, 4) is 11.1 Å². The molecule has 0 saturated carbocycles. The number of nitrogens with two attached hydrogens (primary N) is 1. The number of hydrogen-bond donors (Lipinski definition) is 2. The van der Waals surface area contributed by atoms with Gasteiger partial charge in [-0.1, -0.05) is 48.5 Å². The SMILES string of the molecule is NNS(=O)(=O)c1ccc([N+](=O)[O-])cc1C(=O)c1cccc(-c2ccccc2)c1. The number of carbonyl (C=O) groups excluding carboxylic acids is 1. The molecule has 0 aromatic heterocycles. The van der Waals surface area contributed by atoms with E-state index < -0.39 is 31.3 Å². The number of hydrogen-bond acceptors (Lipinski definition) is 6. The van der Waals surface area contributed by atoms with E-state index >= 15 is 0 Å². The van der Waals surface area contributed by atoms with Crippen molar-refractivity contribution in [2.75, 3.05) is 0 Å². The first-order valence-electron chi connectivity index (χ1n) is 8.04. The molecule has 3 aromatic carbocycles. The van der Waals surface area contributed by atoms with Crippen LogP contribution in [0.5, 0.6) is 0 Å². The number of ketones is 1. The lowest BCUT2D eigenvalue weighted by atomic mass is 9.98. The summed E-state index contributed by atoms with van der Waals surface area (Å²) in [6, 6.07) is 18.8. The van der Waals surface area contributed by atoms with Gasteiger partial charge in [-0.25, -0.2) is 8.42 Å².